The van der Waals surface area contributed by atoms with Crippen LogP contribution in [0.4, 0.5) is 0 Å². The molecule has 0 unspecified atom stereocenters. The molecule has 78 valence electrons. The molecule has 0 fully saturated rings. The van der Waals surface area contributed by atoms with Gasteiger partial charge in [0.05, 0.1) is 0 Å². The Bertz CT molecular complexity index is 307. The van der Waals surface area contributed by atoms with Crippen LogP contribution in [0.2, 0.25) is 0 Å². The minimum absolute atomic E-state index is 0.0331. The van der Waals surface area contributed by atoms with E-state index in [4.69, 9.17) is 0 Å². The predicted octanol–water partition coefficient (Wildman–Crippen LogP) is 2.14. The van der Waals surface area contributed by atoms with Crippen molar-refractivity contribution in [2.75, 3.05) is 0 Å². The Labute approximate surface area is 83.9 Å². The summed E-state index contributed by atoms with van der Waals surface area (Å²) in [4.78, 5) is 16.9. The maximum absolute atomic E-state index is 11.1. The van der Waals surface area contributed by atoms with Crippen LogP contribution in [0.1, 0.15) is 49.9 Å². The summed E-state index contributed by atoms with van der Waals surface area (Å²) in [6.07, 6.45) is 9.79. The number of aryl methyl sites for hydroxylation is 2. The summed E-state index contributed by atoms with van der Waals surface area (Å²) in [6.45, 7) is 0. The summed E-state index contributed by atoms with van der Waals surface area (Å²) < 4.78 is 0. The number of aromatic nitrogens is 2. The van der Waals surface area contributed by atoms with Gasteiger partial charge < -0.3 is 9.97 Å². The zero-order valence-corrected chi connectivity index (χ0v) is 8.57. The Kier molecular flexibility index (Phi) is 3.07. The highest BCUT2D eigenvalue weighted by Crippen LogP contribution is 2.15. The van der Waals surface area contributed by atoms with Gasteiger partial charge in [-0.15, -0.1) is 0 Å². The highest BCUT2D eigenvalue weighted by molar-refractivity contribution is 5.11. The largest absolute Gasteiger partial charge is 0.323 e. The van der Waals surface area contributed by atoms with Crippen LogP contribution in [0.5, 0.6) is 0 Å². The first kappa shape index (κ1) is 9.56. The van der Waals surface area contributed by atoms with Gasteiger partial charge in [0, 0.05) is 11.4 Å². The second-order valence-electron chi connectivity index (χ2n) is 4.16. The highest BCUT2D eigenvalue weighted by atomic mass is 16.1. The van der Waals surface area contributed by atoms with Gasteiger partial charge in [-0.25, -0.2) is 4.79 Å². The van der Waals surface area contributed by atoms with E-state index in [0.717, 1.165) is 24.2 Å². The molecule has 0 saturated heterocycles. The van der Waals surface area contributed by atoms with Crippen molar-refractivity contribution < 1.29 is 0 Å². The molecular formula is C11H18N2O. The number of hydrogen-bond acceptors (Lipinski definition) is 1. The monoisotopic (exact) mass is 194 g/mol. The third kappa shape index (κ3) is 2.28. The molecule has 0 saturated carbocycles. The minimum atomic E-state index is -0.0331. The Hall–Kier alpha value is -0.990. The van der Waals surface area contributed by atoms with E-state index < -0.39 is 0 Å². The Balaban J connectivity index is 2.13. The normalized spacial score (nSPS) is 18.9. The van der Waals surface area contributed by atoms with Crippen molar-refractivity contribution in [3.63, 3.8) is 0 Å². The summed E-state index contributed by atoms with van der Waals surface area (Å²) in [7, 11) is 0. The van der Waals surface area contributed by atoms with Crippen molar-refractivity contribution in [1.82, 2.24) is 9.97 Å². The lowest BCUT2D eigenvalue weighted by Crippen LogP contribution is -2.01. The van der Waals surface area contributed by atoms with E-state index in [1.165, 1.54) is 38.5 Å². The van der Waals surface area contributed by atoms with Crippen LogP contribution in [0.3, 0.4) is 0 Å². The number of imidazole rings is 1. The third-order valence-corrected chi connectivity index (χ3v) is 3.00. The number of fused-ring (bicyclic) bond motifs is 1. The topological polar surface area (TPSA) is 48.6 Å². The molecule has 3 nitrogen and oxygen atoms in total. The molecule has 0 bridgehead atoms. The van der Waals surface area contributed by atoms with Crippen molar-refractivity contribution in [1.29, 1.82) is 0 Å². The van der Waals surface area contributed by atoms with Gasteiger partial charge in [0.1, 0.15) is 0 Å². The molecule has 14 heavy (non-hydrogen) atoms. The molecule has 0 atom stereocenters. The van der Waals surface area contributed by atoms with E-state index in [1.54, 1.807) is 0 Å². The van der Waals surface area contributed by atoms with Gasteiger partial charge in [0.15, 0.2) is 0 Å². The number of hydrogen-bond donors (Lipinski definition) is 2. The Morgan fingerprint density at radius 2 is 1.14 bits per heavy atom. The van der Waals surface area contributed by atoms with Crippen molar-refractivity contribution in [2.24, 2.45) is 0 Å². The van der Waals surface area contributed by atoms with Crippen molar-refractivity contribution >= 4 is 0 Å². The van der Waals surface area contributed by atoms with E-state index >= 15 is 0 Å². The molecule has 1 aliphatic rings. The SMILES string of the molecule is O=c1[nH]c2c([nH]1)CCCCCCCC2. The first-order valence-corrected chi connectivity index (χ1v) is 5.66. The van der Waals surface area contributed by atoms with Crippen LogP contribution in [0.25, 0.3) is 0 Å². The number of aromatic amines is 2. The molecule has 0 aliphatic heterocycles. The van der Waals surface area contributed by atoms with Gasteiger partial charge in [0.2, 0.25) is 0 Å². The fraction of sp³-hybridized carbons (Fsp3) is 0.727. The Morgan fingerprint density at radius 3 is 1.64 bits per heavy atom. The lowest BCUT2D eigenvalue weighted by atomic mass is 10.0. The Morgan fingerprint density at radius 1 is 0.714 bits per heavy atom. The number of H-pyrrole nitrogens is 2. The lowest BCUT2D eigenvalue weighted by Gasteiger charge is -2.07. The van der Waals surface area contributed by atoms with Gasteiger partial charge in [-0.1, -0.05) is 25.7 Å². The van der Waals surface area contributed by atoms with Gasteiger partial charge >= 0.3 is 5.69 Å². The maximum atomic E-state index is 11.1. The van der Waals surface area contributed by atoms with Gasteiger partial charge in [-0.2, -0.15) is 0 Å². The molecule has 1 aromatic rings. The van der Waals surface area contributed by atoms with Crippen LogP contribution < -0.4 is 5.69 Å². The summed E-state index contributed by atoms with van der Waals surface area (Å²) in [5, 5.41) is 0. The molecule has 0 radical (unpaired) electrons. The average molecular weight is 194 g/mol. The quantitative estimate of drug-likeness (QED) is 0.653. The molecule has 1 heterocycles. The van der Waals surface area contributed by atoms with E-state index in [2.05, 4.69) is 9.97 Å². The molecule has 0 spiro atoms. The van der Waals surface area contributed by atoms with Crippen LogP contribution in [-0.4, -0.2) is 9.97 Å². The average Bonchev–Trinajstić information content (AvgIpc) is 2.52. The fourth-order valence-electron chi connectivity index (χ4n) is 2.19. The maximum Gasteiger partial charge on any atom is 0.323 e. The van der Waals surface area contributed by atoms with E-state index in [-0.39, 0.29) is 5.69 Å². The molecule has 0 aromatic carbocycles. The van der Waals surface area contributed by atoms with Gasteiger partial charge in [-0.3, -0.25) is 0 Å². The number of rotatable bonds is 0. The molecule has 1 aliphatic carbocycles. The summed E-state index contributed by atoms with van der Waals surface area (Å²) in [5.74, 6) is 0. The first-order valence-electron chi connectivity index (χ1n) is 5.66. The van der Waals surface area contributed by atoms with E-state index in [9.17, 15) is 4.79 Å². The summed E-state index contributed by atoms with van der Waals surface area (Å²) in [5.41, 5.74) is 2.27. The van der Waals surface area contributed by atoms with Gasteiger partial charge in [-0.05, 0) is 25.7 Å². The molecule has 2 N–H and O–H groups in total. The third-order valence-electron chi connectivity index (χ3n) is 3.00. The zero-order chi connectivity index (χ0) is 9.80. The van der Waals surface area contributed by atoms with Crippen LogP contribution in [0.15, 0.2) is 4.79 Å². The first-order chi connectivity index (χ1) is 6.86. The number of nitrogens with one attached hydrogen (secondary N) is 2. The molecule has 0 amide bonds. The molecule has 2 rings (SSSR count). The van der Waals surface area contributed by atoms with Crippen molar-refractivity contribution in [2.45, 2.75) is 51.4 Å². The summed E-state index contributed by atoms with van der Waals surface area (Å²) >= 11 is 0. The second kappa shape index (κ2) is 4.49. The minimum Gasteiger partial charge on any atom is -0.310 e. The molecular weight excluding hydrogens is 176 g/mol. The standard InChI is InChI=1S/C11H18N2O/c14-11-12-9-7-5-3-1-2-4-6-8-10(9)13-11/h1-8H2,(H2,12,13,14). The fourth-order valence-corrected chi connectivity index (χ4v) is 2.19. The lowest BCUT2D eigenvalue weighted by molar-refractivity contribution is 0.576. The van der Waals surface area contributed by atoms with Crippen molar-refractivity contribution in [3.05, 3.63) is 21.9 Å². The molecule has 1 aromatic heterocycles. The smallest absolute Gasteiger partial charge is 0.310 e. The highest BCUT2D eigenvalue weighted by Gasteiger charge is 2.07. The molecule has 3 heteroatoms. The van der Waals surface area contributed by atoms with E-state index in [1.807, 2.05) is 0 Å². The van der Waals surface area contributed by atoms with Crippen LogP contribution in [0, 0.1) is 0 Å². The predicted molar refractivity (Wildman–Crippen MR) is 56.5 cm³/mol. The van der Waals surface area contributed by atoms with Gasteiger partial charge in [0.25, 0.3) is 0 Å². The van der Waals surface area contributed by atoms with E-state index in [0.29, 0.717) is 0 Å². The van der Waals surface area contributed by atoms with Crippen LogP contribution >= 0.6 is 0 Å². The van der Waals surface area contributed by atoms with Crippen molar-refractivity contribution in [3.8, 4) is 0 Å². The zero-order valence-electron chi connectivity index (χ0n) is 8.57. The second-order valence-corrected chi connectivity index (χ2v) is 4.16. The summed E-state index contributed by atoms with van der Waals surface area (Å²) in [6, 6.07) is 0. The van der Waals surface area contributed by atoms with Crippen LogP contribution in [-0.2, 0) is 12.8 Å².